The predicted molar refractivity (Wildman–Crippen MR) is 68.6 cm³/mol. The normalized spacial score (nSPS) is 11.1. The Balaban J connectivity index is 2.86. The van der Waals surface area contributed by atoms with E-state index in [1.807, 2.05) is 20.8 Å². The van der Waals surface area contributed by atoms with Crippen molar-refractivity contribution in [3.05, 3.63) is 22.7 Å². The lowest BCUT2D eigenvalue weighted by Gasteiger charge is -2.22. The van der Waals surface area contributed by atoms with Crippen molar-refractivity contribution >= 4 is 11.8 Å². The van der Waals surface area contributed by atoms with E-state index < -0.39 is 5.97 Å². The third-order valence-corrected chi connectivity index (χ3v) is 2.27. The number of hydrogen-bond acceptors (Lipinski definition) is 5. The van der Waals surface area contributed by atoms with Gasteiger partial charge in [0.15, 0.2) is 5.82 Å². The summed E-state index contributed by atoms with van der Waals surface area (Å²) in [7, 11) is 0. The standard InChI is InChI=1S/C12H19N3O3/c1-5-18-9(16)8-14-10-11(17)15(7-6-13-10)12(2,3)4/h6-7H,5,8H2,1-4H3,(H,13,14). The lowest BCUT2D eigenvalue weighted by atomic mass is 10.1. The van der Waals surface area contributed by atoms with Gasteiger partial charge in [0.05, 0.1) is 6.61 Å². The SMILES string of the molecule is CCOC(=O)CNc1nccn(C(C)(C)C)c1=O. The van der Waals surface area contributed by atoms with Gasteiger partial charge in [-0.05, 0) is 27.7 Å². The summed E-state index contributed by atoms with van der Waals surface area (Å²) in [6.07, 6.45) is 3.15. The van der Waals surface area contributed by atoms with Gasteiger partial charge in [-0.25, -0.2) is 4.98 Å². The highest BCUT2D eigenvalue weighted by Crippen LogP contribution is 2.10. The minimum absolute atomic E-state index is 0.0652. The molecule has 100 valence electrons. The number of nitrogens with zero attached hydrogens (tertiary/aromatic N) is 2. The summed E-state index contributed by atoms with van der Waals surface area (Å²) in [5, 5.41) is 2.69. The van der Waals surface area contributed by atoms with E-state index in [1.54, 1.807) is 17.7 Å². The first kappa shape index (κ1) is 14.2. The van der Waals surface area contributed by atoms with Gasteiger partial charge in [-0.3, -0.25) is 9.59 Å². The largest absolute Gasteiger partial charge is 0.465 e. The van der Waals surface area contributed by atoms with Gasteiger partial charge in [0.25, 0.3) is 5.56 Å². The minimum atomic E-state index is -0.412. The average molecular weight is 253 g/mol. The summed E-state index contributed by atoms with van der Waals surface area (Å²) in [4.78, 5) is 27.2. The van der Waals surface area contributed by atoms with E-state index in [0.29, 0.717) is 6.61 Å². The molecule has 6 nitrogen and oxygen atoms in total. The Kier molecular flexibility index (Phi) is 4.47. The van der Waals surface area contributed by atoms with Crippen LogP contribution in [0.3, 0.4) is 0 Å². The summed E-state index contributed by atoms with van der Waals surface area (Å²) in [5.74, 6) is -0.259. The van der Waals surface area contributed by atoms with Crippen molar-refractivity contribution in [3.63, 3.8) is 0 Å². The van der Waals surface area contributed by atoms with Crippen molar-refractivity contribution in [2.75, 3.05) is 18.5 Å². The maximum absolute atomic E-state index is 12.1. The molecule has 18 heavy (non-hydrogen) atoms. The molecule has 0 amide bonds. The van der Waals surface area contributed by atoms with Crippen LogP contribution in [0.4, 0.5) is 5.82 Å². The number of aromatic nitrogens is 2. The number of nitrogens with one attached hydrogen (secondary N) is 1. The van der Waals surface area contributed by atoms with Crippen LogP contribution >= 0.6 is 0 Å². The van der Waals surface area contributed by atoms with Crippen LogP contribution in [0.5, 0.6) is 0 Å². The Bertz CT molecular complexity index is 474. The van der Waals surface area contributed by atoms with Gasteiger partial charge in [0, 0.05) is 17.9 Å². The second kappa shape index (κ2) is 5.66. The first-order valence-corrected chi connectivity index (χ1v) is 5.84. The molecule has 0 aromatic carbocycles. The molecule has 0 aliphatic carbocycles. The molecule has 0 spiro atoms. The second-order valence-electron chi connectivity index (χ2n) is 4.78. The van der Waals surface area contributed by atoms with Crippen LogP contribution < -0.4 is 10.9 Å². The smallest absolute Gasteiger partial charge is 0.325 e. The van der Waals surface area contributed by atoms with Gasteiger partial charge < -0.3 is 14.6 Å². The molecular formula is C12H19N3O3. The van der Waals surface area contributed by atoms with Gasteiger partial charge in [-0.15, -0.1) is 0 Å². The zero-order chi connectivity index (χ0) is 13.8. The summed E-state index contributed by atoms with van der Waals surface area (Å²) in [6, 6.07) is 0. The van der Waals surface area contributed by atoms with E-state index in [-0.39, 0.29) is 23.5 Å². The highest BCUT2D eigenvalue weighted by molar-refractivity contribution is 5.74. The molecule has 1 aromatic heterocycles. The number of carbonyl (C=O) groups excluding carboxylic acids is 1. The van der Waals surface area contributed by atoms with Crippen molar-refractivity contribution in [3.8, 4) is 0 Å². The number of anilines is 1. The van der Waals surface area contributed by atoms with Gasteiger partial charge in [0.1, 0.15) is 6.54 Å². The molecule has 1 rings (SSSR count). The van der Waals surface area contributed by atoms with E-state index in [4.69, 9.17) is 4.74 Å². The molecule has 1 heterocycles. The molecule has 0 saturated heterocycles. The molecule has 0 saturated carbocycles. The van der Waals surface area contributed by atoms with Gasteiger partial charge in [0.2, 0.25) is 0 Å². The van der Waals surface area contributed by atoms with Crippen LogP contribution in [0.1, 0.15) is 27.7 Å². The summed E-state index contributed by atoms with van der Waals surface area (Å²) < 4.78 is 6.33. The van der Waals surface area contributed by atoms with Crippen molar-refractivity contribution in [1.29, 1.82) is 0 Å². The summed E-state index contributed by atoms with van der Waals surface area (Å²) >= 11 is 0. The Hall–Kier alpha value is -1.85. The zero-order valence-corrected chi connectivity index (χ0v) is 11.2. The molecule has 0 atom stereocenters. The van der Waals surface area contributed by atoms with Crippen LogP contribution in [0.2, 0.25) is 0 Å². The Morgan fingerprint density at radius 3 is 2.72 bits per heavy atom. The van der Waals surface area contributed by atoms with Crippen LogP contribution in [0, 0.1) is 0 Å². The fraction of sp³-hybridized carbons (Fsp3) is 0.583. The van der Waals surface area contributed by atoms with Gasteiger partial charge >= 0.3 is 5.97 Å². The van der Waals surface area contributed by atoms with E-state index in [1.165, 1.54) is 6.20 Å². The summed E-state index contributed by atoms with van der Waals surface area (Å²) in [6.45, 7) is 7.74. The number of carbonyl (C=O) groups is 1. The lowest BCUT2D eigenvalue weighted by molar-refractivity contribution is -0.140. The Morgan fingerprint density at radius 2 is 2.17 bits per heavy atom. The summed E-state index contributed by atoms with van der Waals surface area (Å²) in [5.41, 5.74) is -0.588. The molecule has 0 unspecified atom stereocenters. The van der Waals surface area contributed by atoms with Crippen LogP contribution in [0.25, 0.3) is 0 Å². The molecule has 0 bridgehead atoms. The molecule has 0 aliphatic rings. The first-order chi connectivity index (χ1) is 8.36. The number of ether oxygens (including phenoxy) is 1. The van der Waals surface area contributed by atoms with Gasteiger partial charge in [-0.2, -0.15) is 0 Å². The van der Waals surface area contributed by atoms with Crippen molar-refractivity contribution in [2.45, 2.75) is 33.2 Å². The molecule has 1 aromatic rings. The highest BCUT2D eigenvalue weighted by atomic mass is 16.5. The minimum Gasteiger partial charge on any atom is -0.465 e. The van der Waals surface area contributed by atoms with E-state index in [9.17, 15) is 9.59 Å². The second-order valence-corrected chi connectivity index (χ2v) is 4.78. The van der Waals surface area contributed by atoms with Crippen molar-refractivity contribution in [2.24, 2.45) is 0 Å². The average Bonchev–Trinajstić information content (AvgIpc) is 2.26. The molecule has 6 heteroatoms. The van der Waals surface area contributed by atoms with Crippen molar-refractivity contribution < 1.29 is 9.53 Å². The maximum Gasteiger partial charge on any atom is 0.325 e. The molecule has 0 aliphatic heterocycles. The first-order valence-electron chi connectivity index (χ1n) is 5.84. The molecule has 0 radical (unpaired) electrons. The number of rotatable bonds is 4. The fourth-order valence-electron chi connectivity index (χ4n) is 1.43. The van der Waals surface area contributed by atoms with E-state index >= 15 is 0 Å². The molecule has 1 N–H and O–H groups in total. The lowest BCUT2D eigenvalue weighted by Crippen LogP contribution is -2.35. The third-order valence-electron chi connectivity index (χ3n) is 2.27. The van der Waals surface area contributed by atoms with Crippen LogP contribution in [-0.2, 0) is 15.1 Å². The Labute approximate surface area is 106 Å². The quantitative estimate of drug-likeness (QED) is 0.809. The van der Waals surface area contributed by atoms with Crippen LogP contribution in [-0.4, -0.2) is 28.7 Å². The topological polar surface area (TPSA) is 73.2 Å². The zero-order valence-electron chi connectivity index (χ0n) is 11.2. The Morgan fingerprint density at radius 1 is 1.50 bits per heavy atom. The third kappa shape index (κ3) is 3.58. The molecular weight excluding hydrogens is 234 g/mol. The van der Waals surface area contributed by atoms with E-state index in [0.717, 1.165) is 0 Å². The number of hydrogen-bond donors (Lipinski definition) is 1. The van der Waals surface area contributed by atoms with Gasteiger partial charge in [-0.1, -0.05) is 0 Å². The number of esters is 1. The monoisotopic (exact) mass is 253 g/mol. The maximum atomic E-state index is 12.1. The predicted octanol–water partition coefficient (Wildman–Crippen LogP) is 0.973. The van der Waals surface area contributed by atoms with Crippen molar-refractivity contribution in [1.82, 2.24) is 9.55 Å². The van der Waals surface area contributed by atoms with Crippen LogP contribution in [0.15, 0.2) is 17.2 Å². The molecule has 0 fully saturated rings. The fourth-order valence-corrected chi connectivity index (χ4v) is 1.43. The van der Waals surface area contributed by atoms with E-state index in [2.05, 4.69) is 10.3 Å². The highest BCUT2D eigenvalue weighted by Gasteiger charge is 2.16.